The minimum Gasteiger partial charge on any atom is -0.311 e. The number of benzene rings is 2. The van der Waals surface area contributed by atoms with Gasteiger partial charge >= 0.3 is 0 Å². The molecular formula is C18H16N4O2S. The number of amides is 2. The summed E-state index contributed by atoms with van der Waals surface area (Å²) in [7, 11) is 0. The molecule has 25 heavy (non-hydrogen) atoms. The summed E-state index contributed by atoms with van der Waals surface area (Å²) in [5.74, 6) is -0.618. The SMILES string of the molecule is Cc1nnc(NC(=O)[C@H]2CC(=O)N(c3cccc4ccccc34)C2)s1. The van der Waals surface area contributed by atoms with Crippen LogP contribution in [-0.2, 0) is 9.59 Å². The van der Waals surface area contributed by atoms with Crippen LogP contribution < -0.4 is 10.2 Å². The number of nitrogens with one attached hydrogen (secondary N) is 1. The number of anilines is 2. The highest BCUT2D eigenvalue weighted by atomic mass is 32.1. The molecule has 1 aliphatic rings. The molecule has 0 radical (unpaired) electrons. The largest absolute Gasteiger partial charge is 0.311 e. The highest BCUT2D eigenvalue weighted by Gasteiger charge is 2.36. The van der Waals surface area contributed by atoms with Crippen LogP contribution in [0.3, 0.4) is 0 Å². The molecule has 1 aromatic heterocycles. The number of rotatable bonds is 3. The van der Waals surface area contributed by atoms with Gasteiger partial charge < -0.3 is 10.2 Å². The Bertz CT molecular complexity index is 963. The van der Waals surface area contributed by atoms with Crippen molar-refractivity contribution in [2.24, 2.45) is 5.92 Å². The van der Waals surface area contributed by atoms with E-state index in [0.29, 0.717) is 11.7 Å². The number of hydrogen-bond acceptors (Lipinski definition) is 5. The van der Waals surface area contributed by atoms with Crippen LogP contribution in [0.25, 0.3) is 10.8 Å². The number of carbonyl (C=O) groups is 2. The topological polar surface area (TPSA) is 75.2 Å². The third-order valence-corrected chi connectivity index (χ3v) is 5.06. The highest BCUT2D eigenvalue weighted by molar-refractivity contribution is 7.15. The van der Waals surface area contributed by atoms with Crippen LogP contribution in [-0.4, -0.2) is 28.6 Å². The van der Waals surface area contributed by atoms with Gasteiger partial charge in [-0.3, -0.25) is 9.59 Å². The summed E-state index contributed by atoms with van der Waals surface area (Å²) in [5.41, 5.74) is 0.852. The molecule has 3 aromatic rings. The van der Waals surface area contributed by atoms with Crippen molar-refractivity contribution >= 4 is 44.7 Å². The summed E-state index contributed by atoms with van der Waals surface area (Å²) in [4.78, 5) is 26.7. The molecule has 2 aromatic carbocycles. The molecule has 0 bridgehead atoms. The average molecular weight is 352 g/mol. The Morgan fingerprint density at radius 2 is 2.00 bits per heavy atom. The lowest BCUT2D eigenvalue weighted by Crippen LogP contribution is -2.28. The van der Waals surface area contributed by atoms with E-state index in [1.807, 2.05) is 49.4 Å². The van der Waals surface area contributed by atoms with Crippen LogP contribution >= 0.6 is 11.3 Å². The predicted octanol–water partition coefficient (Wildman–Crippen LogP) is 2.99. The Hall–Kier alpha value is -2.80. The van der Waals surface area contributed by atoms with Crippen molar-refractivity contribution in [3.8, 4) is 0 Å². The lowest BCUT2D eigenvalue weighted by atomic mass is 10.1. The molecule has 6 nitrogen and oxygen atoms in total. The van der Waals surface area contributed by atoms with Gasteiger partial charge in [0.15, 0.2) is 0 Å². The molecule has 1 N–H and O–H groups in total. The fraction of sp³-hybridized carbons (Fsp3) is 0.222. The first-order valence-corrected chi connectivity index (χ1v) is 8.82. The molecule has 0 spiro atoms. The number of aryl methyl sites for hydroxylation is 1. The van der Waals surface area contributed by atoms with Crippen molar-refractivity contribution < 1.29 is 9.59 Å². The normalized spacial score (nSPS) is 17.2. The first-order valence-electron chi connectivity index (χ1n) is 8.01. The van der Waals surface area contributed by atoms with E-state index in [9.17, 15) is 9.59 Å². The number of hydrogen-bond donors (Lipinski definition) is 1. The Labute approximate surface area is 148 Å². The first kappa shape index (κ1) is 15.7. The van der Waals surface area contributed by atoms with E-state index in [1.54, 1.807) is 4.90 Å². The maximum absolute atomic E-state index is 12.5. The Morgan fingerprint density at radius 3 is 2.80 bits per heavy atom. The van der Waals surface area contributed by atoms with Gasteiger partial charge in [-0.2, -0.15) is 0 Å². The van der Waals surface area contributed by atoms with Gasteiger partial charge in [-0.25, -0.2) is 0 Å². The molecule has 1 atom stereocenters. The molecular weight excluding hydrogens is 336 g/mol. The smallest absolute Gasteiger partial charge is 0.231 e. The van der Waals surface area contributed by atoms with Crippen LogP contribution in [0.2, 0.25) is 0 Å². The number of carbonyl (C=O) groups excluding carboxylic acids is 2. The summed E-state index contributed by atoms with van der Waals surface area (Å²) in [6.45, 7) is 2.20. The van der Waals surface area contributed by atoms with E-state index in [0.717, 1.165) is 21.5 Å². The van der Waals surface area contributed by atoms with E-state index >= 15 is 0 Å². The maximum atomic E-state index is 12.5. The standard InChI is InChI=1S/C18H16N4O2S/c1-11-20-21-18(25-11)19-17(24)13-9-16(23)22(10-13)15-8-4-6-12-5-2-3-7-14(12)15/h2-8,13H,9-10H2,1H3,(H,19,21,24)/t13-/m0/s1. The van der Waals surface area contributed by atoms with Crippen molar-refractivity contribution in [3.05, 3.63) is 47.5 Å². The van der Waals surface area contributed by atoms with Gasteiger partial charge in [0.1, 0.15) is 5.01 Å². The second kappa shape index (κ2) is 6.25. The Morgan fingerprint density at radius 1 is 1.20 bits per heavy atom. The maximum Gasteiger partial charge on any atom is 0.231 e. The molecule has 0 unspecified atom stereocenters. The third kappa shape index (κ3) is 2.98. The first-order chi connectivity index (χ1) is 12.1. The van der Waals surface area contributed by atoms with E-state index in [1.165, 1.54) is 11.3 Å². The lowest BCUT2D eigenvalue weighted by molar-refractivity contribution is -0.122. The predicted molar refractivity (Wildman–Crippen MR) is 97.7 cm³/mol. The molecule has 2 heterocycles. The fourth-order valence-corrected chi connectivity index (χ4v) is 3.71. The third-order valence-electron chi connectivity index (χ3n) is 4.31. The molecule has 1 fully saturated rings. The molecule has 0 aliphatic carbocycles. The zero-order chi connectivity index (χ0) is 17.4. The molecule has 7 heteroatoms. The lowest BCUT2D eigenvalue weighted by Gasteiger charge is -2.18. The average Bonchev–Trinajstić information content (AvgIpc) is 3.20. The van der Waals surface area contributed by atoms with Crippen LogP contribution in [0.1, 0.15) is 11.4 Å². The summed E-state index contributed by atoms with van der Waals surface area (Å²) in [6, 6.07) is 13.8. The van der Waals surface area contributed by atoms with Gasteiger partial charge in [-0.15, -0.1) is 10.2 Å². The minimum absolute atomic E-state index is 0.0371. The van der Waals surface area contributed by atoms with Gasteiger partial charge in [0.25, 0.3) is 0 Å². The highest BCUT2D eigenvalue weighted by Crippen LogP contribution is 2.32. The Kier molecular flexibility index (Phi) is 3.93. The van der Waals surface area contributed by atoms with Gasteiger partial charge in [0.05, 0.1) is 11.6 Å². The van der Waals surface area contributed by atoms with E-state index in [2.05, 4.69) is 15.5 Å². The van der Waals surface area contributed by atoms with Crippen molar-refractivity contribution in [2.75, 3.05) is 16.8 Å². The van der Waals surface area contributed by atoms with Crippen LogP contribution in [0.5, 0.6) is 0 Å². The monoisotopic (exact) mass is 352 g/mol. The van der Waals surface area contributed by atoms with Crippen molar-refractivity contribution in [3.63, 3.8) is 0 Å². The fourth-order valence-electron chi connectivity index (χ4n) is 3.11. The molecule has 1 saturated heterocycles. The van der Waals surface area contributed by atoms with Gasteiger partial charge in [-0.05, 0) is 18.4 Å². The molecule has 2 amide bonds. The molecule has 126 valence electrons. The summed E-state index contributed by atoms with van der Waals surface area (Å²) in [6.07, 6.45) is 0.201. The van der Waals surface area contributed by atoms with E-state index in [4.69, 9.17) is 0 Å². The molecule has 4 rings (SSSR count). The second-order valence-corrected chi connectivity index (χ2v) is 7.20. The minimum atomic E-state index is -0.393. The summed E-state index contributed by atoms with van der Waals surface area (Å²) in [5, 5.41) is 13.9. The zero-order valence-corrected chi connectivity index (χ0v) is 14.4. The van der Waals surface area contributed by atoms with Crippen LogP contribution in [0.15, 0.2) is 42.5 Å². The Balaban J connectivity index is 1.56. The van der Waals surface area contributed by atoms with Crippen LogP contribution in [0.4, 0.5) is 10.8 Å². The van der Waals surface area contributed by atoms with Gasteiger partial charge in [-0.1, -0.05) is 47.7 Å². The number of fused-ring (bicyclic) bond motifs is 1. The van der Waals surface area contributed by atoms with Crippen molar-refractivity contribution in [1.29, 1.82) is 0 Å². The van der Waals surface area contributed by atoms with Crippen molar-refractivity contribution in [2.45, 2.75) is 13.3 Å². The second-order valence-electron chi connectivity index (χ2n) is 6.02. The summed E-state index contributed by atoms with van der Waals surface area (Å²) >= 11 is 1.32. The van der Waals surface area contributed by atoms with Crippen LogP contribution in [0, 0.1) is 12.8 Å². The quantitative estimate of drug-likeness (QED) is 0.786. The molecule has 1 aliphatic heterocycles. The van der Waals surface area contributed by atoms with E-state index in [-0.39, 0.29) is 18.2 Å². The number of nitrogens with zero attached hydrogens (tertiary/aromatic N) is 3. The number of aromatic nitrogens is 2. The van der Waals surface area contributed by atoms with E-state index < -0.39 is 5.92 Å². The van der Waals surface area contributed by atoms with Gasteiger partial charge in [0, 0.05) is 18.4 Å². The zero-order valence-electron chi connectivity index (χ0n) is 13.6. The summed E-state index contributed by atoms with van der Waals surface area (Å²) < 4.78 is 0. The molecule has 0 saturated carbocycles. The van der Waals surface area contributed by atoms with Gasteiger partial charge in [0.2, 0.25) is 16.9 Å². The van der Waals surface area contributed by atoms with Crippen molar-refractivity contribution in [1.82, 2.24) is 10.2 Å².